The fraction of sp³-hybridized carbons (Fsp3) is 0.733. The zero-order valence-corrected chi connectivity index (χ0v) is 13.7. The predicted molar refractivity (Wildman–Crippen MR) is 82.2 cm³/mol. The van der Waals surface area contributed by atoms with Gasteiger partial charge in [0.1, 0.15) is 6.10 Å². The van der Waals surface area contributed by atoms with E-state index in [9.17, 15) is 4.79 Å². The van der Waals surface area contributed by atoms with Crippen molar-refractivity contribution in [2.45, 2.75) is 38.5 Å². The van der Waals surface area contributed by atoms with Crippen molar-refractivity contribution >= 4 is 17.2 Å². The van der Waals surface area contributed by atoms with E-state index in [0.717, 1.165) is 43.2 Å². The molecule has 0 aliphatic carbocycles. The lowest BCUT2D eigenvalue weighted by Crippen LogP contribution is -2.42. The van der Waals surface area contributed by atoms with E-state index < -0.39 is 0 Å². The molecule has 2 aliphatic heterocycles. The van der Waals surface area contributed by atoms with E-state index in [1.54, 1.807) is 30.3 Å². The first-order valence-corrected chi connectivity index (χ1v) is 8.41. The van der Waals surface area contributed by atoms with Crippen LogP contribution >= 0.6 is 11.3 Å². The van der Waals surface area contributed by atoms with Crippen LogP contribution in [0.2, 0.25) is 0 Å². The predicted octanol–water partition coefficient (Wildman–Crippen LogP) is 1.52. The highest BCUT2D eigenvalue weighted by Crippen LogP contribution is 2.34. The van der Waals surface area contributed by atoms with E-state index in [2.05, 4.69) is 15.3 Å². The third kappa shape index (κ3) is 3.27. The number of rotatable bonds is 3. The van der Waals surface area contributed by atoms with Crippen LogP contribution in [0.5, 0.6) is 0 Å². The molecule has 0 N–H and O–H groups in total. The lowest BCUT2D eigenvalue weighted by Gasteiger charge is -2.33. The summed E-state index contributed by atoms with van der Waals surface area (Å²) in [5.41, 5.74) is 1.15. The van der Waals surface area contributed by atoms with Gasteiger partial charge in [-0.3, -0.25) is 9.69 Å². The van der Waals surface area contributed by atoms with Gasteiger partial charge in [0.05, 0.1) is 16.8 Å². The van der Waals surface area contributed by atoms with Crippen molar-refractivity contribution < 1.29 is 9.53 Å². The molecule has 6 heteroatoms. The zero-order chi connectivity index (χ0) is 15.0. The highest BCUT2D eigenvalue weighted by atomic mass is 32.1. The van der Waals surface area contributed by atoms with Gasteiger partial charge < -0.3 is 9.64 Å². The quantitative estimate of drug-likeness (QED) is 0.849. The summed E-state index contributed by atoms with van der Waals surface area (Å²) >= 11 is 1.70. The van der Waals surface area contributed by atoms with Crippen LogP contribution in [0.1, 0.15) is 23.5 Å². The third-order valence-electron chi connectivity index (χ3n) is 4.40. The minimum absolute atomic E-state index is 0.103. The minimum Gasteiger partial charge on any atom is -0.364 e. The number of hydrogen-bond acceptors (Lipinski definition) is 5. The number of carbonyl (C=O) groups excluding carboxylic acids is 1. The van der Waals surface area contributed by atoms with Crippen LogP contribution in [-0.4, -0.2) is 60.1 Å². The van der Waals surface area contributed by atoms with Gasteiger partial charge in [-0.2, -0.15) is 0 Å². The molecule has 0 aromatic carbocycles. The molecule has 0 radical (unpaired) electrons. The summed E-state index contributed by atoms with van der Waals surface area (Å²) in [6.07, 6.45) is 1.96. The SMILES string of the molecule is Cc1nc(CN2CC[C@H]3C[C@@H](C(=O)N(C)C)O[C@@H]3C2)cs1. The molecule has 0 unspecified atom stereocenters. The normalized spacial score (nSPS) is 29.4. The van der Waals surface area contributed by atoms with Gasteiger partial charge in [0.15, 0.2) is 0 Å². The van der Waals surface area contributed by atoms with Crippen molar-refractivity contribution in [2.75, 3.05) is 27.2 Å². The zero-order valence-electron chi connectivity index (χ0n) is 12.9. The number of nitrogens with zero attached hydrogens (tertiary/aromatic N) is 3. The Bertz CT molecular complexity index is 517. The Hall–Kier alpha value is -0.980. The molecule has 1 amide bonds. The lowest BCUT2D eigenvalue weighted by molar-refractivity contribution is -0.141. The Morgan fingerprint density at radius 3 is 3.05 bits per heavy atom. The molecule has 0 saturated carbocycles. The van der Waals surface area contributed by atoms with E-state index >= 15 is 0 Å². The topological polar surface area (TPSA) is 45.7 Å². The summed E-state index contributed by atoms with van der Waals surface area (Å²) in [5, 5.41) is 3.25. The number of piperidine rings is 1. The van der Waals surface area contributed by atoms with Crippen LogP contribution in [0.15, 0.2) is 5.38 Å². The van der Waals surface area contributed by atoms with Crippen LogP contribution in [-0.2, 0) is 16.1 Å². The Kier molecular flexibility index (Phi) is 4.28. The third-order valence-corrected chi connectivity index (χ3v) is 5.23. The van der Waals surface area contributed by atoms with Gasteiger partial charge in [-0.15, -0.1) is 11.3 Å². The van der Waals surface area contributed by atoms with Crippen molar-refractivity contribution in [3.05, 3.63) is 16.1 Å². The molecular weight excluding hydrogens is 286 g/mol. The molecule has 2 aliphatic rings. The Morgan fingerprint density at radius 1 is 1.57 bits per heavy atom. The molecule has 1 aromatic heterocycles. The monoisotopic (exact) mass is 309 g/mol. The second-order valence-electron chi connectivity index (χ2n) is 6.27. The van der Waals surface area contributed by atoms with Crippen LogP contribution in [0.4, 0.5) is 0 Å². The number of hydrogen-bond donors (Lipinski definition) is 0. The molecule has 3 heterocycles. The fourth-order valence-electron chi connectivity index (χ4n) is 3.29. The van der Waals surface area contributed by atoms with E-state index in [-0.39, 0.29) is 18.1 Å². The summed E-state index contributed by atoms with van der Waals surface area (Å²) in [7, 11) is 3.59. The van der Waals surface area contributed by atoms with E-state index in [4.69, 9.17) is 4.74 Å². The second kappa shape index (κ2) is 6.02. The standard InChI is InChI=1S/C15H23N3O2S/c1-10-16-12(9-21-10)7-18-5-4-11-6-13(15(19)17(2)3)20-14(11)8-18/h9,11,13-14H,4-8H2,1-3H3/t11-,13-,14+/m0/s1. The van der Waals surface area contributed by atoms with Crippen LogP contribution in [0.25, 0.3) is 0 Å². The lowest BCUT2D eigenvalue weighted by atomic mass is 9.91. The number of likely N-dealkylation sites (N-methyl/N-ethyl adjacent to an activating group) is 1. The van der Waals surface area contributed by atoms with Gasteiger partial charge in [0.2, 0.25) is 0 Å². The van der Waals surface area contributed by atoms with E-state index in [0.29, 0.717) is 5.92 Å². The van der Waals surface area contributed by atoms with E-state index in [1.807, 2.05) is 6.92 Å². The molecule has 1 aromatic rings. The average molecular weight is 309 g/mol. The smallest absolute Gasteiger partial charge is 0.251 e. The minimum atomic E-state index is -0.239. The number of likely N-dealkylation sites (tertiary alicyclic amines) is 1. The summed E-state index contributed by atoms with van der Waals surface area (Å²) in [5.74, 6) is 0.637. The van der Waals surface area contributed by atoms with Gasteiger partial charge in [-0.25, -0.2) is 4.98 Å². The first-order chi connectivity index (χ1) is 10.0. The fourth-order valence-corrected chi connectivity index (χ4v) is 3.90. The molecule has 3 rings (SSSR count). The van der Waals surface area contributed by atoms with Crippen molar-refractivity contribution in [1.82, 2.24) is 14.8 Å². The molecule has 2 saturated heterocycles. The largest absolute Gasteiger partial charge is 0.364 e. The number of aryl methyl sites for hydroxylation is 1. The Balaban J connectivity index is 1.57. The first-order valence-electron chi connectivity index (χ1n) is 7.53. The number of carbonyl (C=O) groups is 1. The highest BCUT2D eigenvalue weighted by molar-refractivity contribution is 7.09. The average Bonchev–Trinajstić information content (AvgIpc) is 3.03. The van der Waals surface area contributed by atoms with Crippen LogP contribution in [0.3, 0.4) is 0 Å². The summed E-state index contributed by atoms with van der Waals surface area (Å²) in [6, 6.07) is 0. The molecule has 21 heavy (non-hydrogen) atoms. The van der Waals surface area contributed by atoms with Crippen molar-refractivity contribution in [3.63, 3.8) is 0 Å². The molecule has 3 atom stereocenters. The molecule has 5 nitrogen and oxygen atoms in total. The van der Waals surface area contributed by atoms with Crippen LogP contribution < -0.4 is 0 Å². The first kappa shape index (κ1) is 14.9. The molecular formula is C15H23N3O2S. The molecule has 116 valence electrons. The highest BCUT2D eigenvalue weighted by Gasteiger charge is 2.42. The number of fused-ring (bicyclic) bond motifs is 1. The Labute approximate surface area is 129 Å². The number of thiazole rings is 1. The summed E-state index contributed by atoms with van der Waals surface area (Å²) in [4.78, 5) is 20.6. The number of aromatic nitrogens is 1. The van der Waals surface area contributed by atoms with Crippen molar-refractivity contribution in [3.8, 4) is 0 Å². The van der Waals surface area contributed by atoms with Gasteiger partial charge >= 0.3 is 0 Å². The maximum absolute atomic E-state index is 12.0. The maximum Gasteiger partial charge on any atom is 0.251 e. The van der Waals surface area contributed by atoms with E-state index in [1.165, 1.54) is 0 Å². The Morgan fingerprint density at radius 2 is 2.38 bits per heavy atom. The summed E-state index contributed by atoms with van der Waals surface area (Å²) in [6.45, 7) is 4.92. The van der Waals surface area contributed by atoms with Crippen molar-refractivity contribution in [1.29, 1.82) is 0 Å². The molecule has 0 spiro atoms. The van der Waals surface area contributed by atoms with Gasteiger partial charge in [0, 0.05) is 32.6 Å². The number of ether oxygens (including phenoxy) is 1. The summed E-state index contributed by atoms with van der Waals surface area (Å²) < 4.78 is 6.01. The van der Waals surface area contributed by atoms with Gasteiger partial charge in [0.25, 0.3) is 5.91 Å². The molecule has 2 fully saturated rings. The van der Waals surface area contributed by atoms with Crippen molar-refractivity contribution in [2.24, 2.45) is 5.92 Å². The van der Waals surface area contributed by atoms with Crippen LogP contribution in [0, 0.1) is 12.8 Å². The van der Waals surface area contributed by atoms with Gasteiger partial charge in [-0.1, -0.05) is 0 Å². The molecule has 0 bridgehead atoms. The number of amides is 1. The second-order valence-corrected chi connectivity index (χ2v) is 7.34. The maximum atomic E-state index is 12.0. The van der Waals surface area contributed by atoms with Gasteiger partial charge in [-0.05, 0) is 32.2 Å².